The molecule has 0 atom stereocenters. The molecule has 0 aliphatic heterocycles. The molecule has 0 aliphatic carbocycles. The molecule has 136 valence electrons. The van der Waals surface area contributed by atoms with Gasteiger partial charge in [0.15, 0.2) is 5.11 Å². The molecule has 0 unspecified atom stereocenters. The number of rotatable bonds is 5. The maximum Gasteiger partial charge on any atom is 0.274 e. The molecule has 9 heteroatoms. The zero-order valence-electron chi connectivity index (χ0n) is 14.0. The molecule has 0 bridgehead atoms. The van der Waals surface area contributed by atoms with Crippen LogP contribution in [0.2, 0.25) is 0 Å². The fourth-order valence-electron chi connectivity index (χ4n) is 2.18. The Bertz CT molecular complexity index is 873. The first-order chi connectivity index (χ1) is 12.3. The second-order valence-corrected chi connectivity index (χ2v) is 6.56. The molecule has 0 aromatic heterocycles. The summed E-state index contributed by atoms with van der Waals surface area (Å²) in [7, 11) is 0. The Hall–Kier alpha value is -2.52. The van der Waals surface area contributed by atoms with Crippen molar-refractivity contribution >= 4 is 50.5 Å². The van der Waals surface area contributed by atoms with E-state index >= 15 is 0 Å². The number of nitro benzene ring substituents is 1. The molecule has 2 aromatic carbocycles. The lowest BCUT2D eigenvalue weighted by molar-refractivity contribution is -0.385. The van der Waals surface area contributed by atoms with Crippen LogP contribution in [0.3, 0.4) is 0 Å². The average molecular weight is 438 g/mol. The number of halogens is 1. The largest absolute Gasteiger partial charge is 0.493 e. The van der Waals surface area contributed by atoms with Crippen LogP contribution in [0.1, 0.15) is 22.8 Å². The van der Waals surface area contributed by atoms with Crippen molar-refractivity contribution < 1.29 is 14.5 Å². The number of hydrogen-bond donors (Lipinski definition) is 2. The minimum Gasteiger partial charge on any atom is -0.493 e. The highest BCUT2D eigenvalue weighted by Crippen LogP contribution is 2.24. The number of nitrogens with zero attached hydrogens (tertiary/aromatic N) is 1. The van der Waals surface area contributed by atoms with E-state index in [0.29, 0.717) is 29.2 Å². The van der Waals surface area contributed by atoms with Gasteiger partial charge in [-0.3, -0.25) is 20.2 Å². The number of hydrogen-bond acceptors (Lipinski definition) is 5. The van der Waals surface area contributed by atoms with Crippen molar-refractivity contribution in [2.75, 3.05) is 11.9 Å². The van der Waals surface area contributed by atoms with Gasteiger partial charge in [-0.1, -0.05) is 22.0 Å². The van der Waals surface area contributed by atoms with Crippen LogP contribution in [0.5, 0.6) is 5.75 Å². The molecular weight excluding hydrogens is 422 g/mol. The lowest BCUT2D eigenvalue weighted by Crippen LogP contribution is -2.34. The van der Waals surface area contributed by atoms with Crippen molar-refractivity contribution in [1.82, 2.24) is 5.32 Å². The highest BCUT2D eigenvalue weighted by molar-refractivity contribution is 9.10. The van der Waals surface area contributed by atoms with Crippen molar-refractivity contribution in [1.29, 1.82) is 0 Å². The quantitative estimate of drug-likeness (QED) is 0.413. The minimum absolute atomic E-state index is 0.0237. The number of aryl methyl sites for hydroxylation is 1. The maximum atomic E-state index is 12.5. The molecule has 0 fully saturated rings. The summed E-state index contributed by atoms with van der Waals surface area (Å²) in [4.78, 5) is 23.0. The molecule has 0 saturated heterocycles. The zero-order valence-corrected chi connectivity index (χ0v) is 16.4. The number of carbonyl (C=O) groups excluding carboxylic acids is 1. The van der Waals surface area contributed by atoms with E-state index in [2.05, 4.69) is 26.6 Å². The molecule has 2 N–H and O–H groups in total. The van der Waals surface area contributed by atoms with Gasteiger partial charge in [0.1, 0.15) is 5.75 Å². The first kappa shape index (κ1) is 19.8. The van der Waals surface area contributed by atoms with Crippen LogP contribution in [-0.4, -0.2) is 22.5 Å². The third-order valence-corrected chi connectivity index (χ3v) is 4.07. The Morgan fingerprint density at radius 3 is 2.69 bits per heavy atom. The highest BCUT2D eigenvalue weighted by Gasteiger charge is 2.16. The van der Waals surface area contributed by atoms with Crippen molar-refractivity contribution in [3.8, 4) is 5.75 Å². The third kappa shape index (κ3) is 4.99. The van der Waals surface area contributed by atoms with E-state index in [1.807, 2.05) is 6.92 Å². The molecular formula is C17H16BrN3O4S. The van der Waals surface area contributed by atoms with Gasteiger partial charge in [-0.05, 0) is 50.3 Å². The Kier molecular flexibility index (Phi) is 6.64. The molecule has 0 saturated carbocycles. The van der Waals surface area contributed by atoms with Crippen molar-refractivity contribution in [3.63, 3.8) is 0 Å². The van der Waals surface area contributed by atoms with E-state index in [-0.39, 0.29) is 10.8 Å². The predicted molar refractivity (Wildman–Crippen MR) is 107 cm³/mol. The summed E-state index contributed by atoms with van der Waals surface area (Å²) in [5.74, 6) is -0.0177. The van der Waals surface area contributed by atoms with Crippen molar-refractivity contribution in [3.05, 3.63) is 62.1 Å². The Morgan fingerprint density at radius 2 is 2.04 bits per heavy atom. The normalized spacial score (nSPS) is 10.1. The van der Waals surface area contributed by atoms with Gasteiger partial charge < -0.3 is 10.1 Å². The SMILES string of the molecule is CCOc1ccc(Br)cc1C(=O)NC(=S)Nc1ccc(C)c([N+](=O)[O-])c1. The molecule has 2 aromatic rings. The van der Waals surface area contributed by atoms with E-state index in [0.717, 1.165) is 4.47 Å². The molecule has 2 rings (SSSR count). The standard InChI is InChI=1S/C17H16BrN3O4S/c1-3-25-15-7-5-11(18)8-13(15)16(22)20-17(26)19-12-6-4-10(2)14(9-12)21(23)24/h4-9H,3H2,1-2H3,(H2,19,20,22,26). The van der Waals surface area contributed by atoms with Gasteiger partial charge in [-0.2, -0.15) is 0 Å². The fourth-order valence-corrected chi connectivity index (χ4v) is 2.75. The molecule has 0 heterocycles. The number of nitro groups is 1. The topological polar surface area (TPSA) is 93.5 Å². The van der Waals surface area contributed by atoms with Gasteiger partial charge in [0.05, 0.1) is 17.1 Å². The molecule has 7 nitrogen and oxygen atoms in total. The van der Waals surface area contributed by atoms with Gasteiger partial charge >= 0.3 is 0 Å². The number of amides is 1. The lowest BCUT2D eigenvalue weighted by Gasteiger charge is -2.13. The Labute approximate surface area is 164 Å². The van der Waals surface area contributed by atoms with Crippen LogP contribution in [0, 0.1) is 17.0 Å². The minimum atomic E-state index is -0.474. The summed E-state index contributed by atoms with van der Waals surface area (Å²) in [6, 6.07) is 9.68. The van der Waals surface area contributed by atoms with Crippen molar-refractivity contribution in [2.45, 2.75) is 13.8 Å². The van der Waals surface area contributed by atoms with Crippen LogP contribution in [0.15, 0.2) is 40.9 Å². The van der Waals surface area contributed by atoms with Crippen LogP contribution < -0.4 is 15.4 Å². The predicted octanol–water partition coefficient (Wildman–Crippen LogP) is 4.19. The maximum absolute atomic E-state index is 12.5. The Balaban J connectivity index is 2.13. The van der Waals surface area contributed by atoms with Crippen LogP contribution in [-0.2, 0) is 0 Å². The average Bonchev–Trinajstić information content (AvgIpc) is 2.58. The molecule has 0 aliphatic rings. The molecule has 0 radical (unpaired) electrons. The van der Waals surface area contributed by atoms with Crippen LogP contribution in [0.25, 0.3) is 0 Å². The van der Waals surface area contributed by atoms with Gasteiger partial charge in [-0.25, -0.2) is 0 Å². The first-order valence-corrected chi connectivity index (χ1v) is 8.81. The summed E-state index contributed by atoms with van der Waals surface area (Å²) in [6.07, 6.45) is 0. The molecule has 0 spiro atoms. The molecule has 1 amide bonds. The monoisotopic (exact) mass is 437 g/mol. The number of thiocarbonyl (C=S) groups is 1. The van der Waals surface area contributed by atoms with E-state index in [1.165, 1.54) is 6.07 Å². The summed E-state index contributed by atoms with van der Waals surface area (Å²) in [5.41, 5.74) is 1.23. The zero-order chi connectivity index (χ0) is 19.3. The number of anilines is 1. The van der Waals surface area contributed by atoms with Crippen LogP contribution >= 0.6 is 28.1 Å². The van der Waals surface area contributed by atoms with Gasteiger partial charge in [0.2, 0.25) is 0 Å². The lowest BCUT2D eigenvalue weighted by atomic mass is 10.2. The van der Waals surface area contributed by atoms with E-state index in [9.17, 15) is 14.9 Å². The number of nitrogens with one attached hydrogen (secondary N) is 2. The van der Waals surface area contributed by atoms with Crippen molar-refractivity contribution in [2.24, 2.45) is 0 Å². The van der Waals surface area contributed by atoms with Crippen LogP contribution in [0.4, 0.5) is 11.4 Å². The third-order valence-electron chi connectivity index (χ3n) is 3.38. The number of carbonyl (C=O) groups is 1. The number of ether oxygens (including phenoxy) is 1. The second kappa shape index (κ2) is 8.72. The van der Waals surface area contributed by atoms with Gasteiger partial charge in [-0.15, -0.1) is 0 Å². The number of benzene rings is 2. The second-order valence-electron chi connectivity index (χ2n) is 5.24. The van der Waals surface area contributed by atoms with E-state index in [4.69, 9.17) is 17.0 Å². The first-order valence-electron chi connectivity index (χ1n) is 7.61. The molecule has 26 heavy (non-hydrogen) atoms. The smallest absolute Gasteiger partial charge is 0.274 e. The summed E-state index contributed by atoms with van der Waals surface area (Å²) < 4.78 is 6.17. The fraction of sp³-hybridized carbons (Fsp3) is 0.176. The highest BCUT2D eigenvalue weighted by atomic mass is 79.9. The summed E-state index contributed by atoms with van der Waals surface area (Å²) >= 11 is 8.45. The van der Waals surface area contributed by atoms with E-state index in [1.54, 1.807) is 37.3 Å². The summed E-state index contributed by atoms with van der Waals surface area (Å²) in [5, 5.41) is 16.4. The Morgan fingerprint density at radius 1 is 1.31 bits per heavy atom. The van der Waals surface area contributed by atoms with Gasteiger partial charge in [0, 0.05) is 21.8 Å². The van der Waals surface area contributed by atoms with Gasteiger partial charge in [0.25, 0.3) is 11.6 Å². The summed E-state index contributed by atoms with van der Waals surface area (Å²) in [6.45, 7) is 3.88. The van der Waals surface area contributed by atoms with E-state index < -0.39 is 10.8 Å².